The molecule has 24 heavy (non-hydrogen) atoms. The number of aromatic nitrogens is 3. The van der Waals surface area contributed by atoms with Crippen LogP contribution >= 0.6 is 11.6 Å². The van der Waals surface area contributed by atoms with Crippen molar-refractivity contribution in [2.75, 3.05) is 7.05 Å². The molecule has 2 heterocycles. The van der Waals surface area contributed by atoms with Crippen LogP contribution in [0.2, 0.25) is 5.02 Å². The summed E-state index contributed by atoms with van der Waals surface area (Å²) in [5.74, 6) is 0.104. The normalized spacial score (nSPS) is 10.8. The first-order valence-corrected chi connectivity index (χ1v) is 8.15. The van der Waals surface area contributed by atoms with Gasteiger partial charge >= 0.3 is 0 Å². The van der Waals surface area contributed by atoms with E-state index in [-0.39, 0.29) is 5.91 Å². The first-order chi connectivity index (χ1) is 11.6. The molecule has 0 fully saturated rings. The zero-order valence-electron chi connectivity index (χ0n) is 13.4. The molecule has 0 spiro atoms. The topological polar surface area (TPSA) is 64.8 Å². The number of aryl methyl sites for hydroxylation is 1. The lowest BCUT2D eigenvalue weighted by Crippen LogP contribution is -2.26. The van der Waals surface area contributed by atoms with Gasteiger partial charge in [-0.1, -0.05) is 23.7 Å². The average molecular weight is 343 g/mol. The van der Waals surface area contributed by atoms with Crippen LogP contribution < -0.4 is 0 Å². The molecular formula is C18H19ClN4O. The van der Waals surface area contributed by atoms with Crippen molar-refractivity contribution >= 4 is 17.5 Å². The summed E-state index contributed by atoms with van der Waals surface area (Å²) in [4.78, 5) is 17.3. The maximum absolute atomic E-state index is 12.2. The number of nitrogens with one attached hydrogen (secondary N) is 2. The van der Waals surface area contributed by atoms with Crippen molar-refractivity contribution in [2.24, 2.45) is 0 Å². The second-order valence-corrected chi connectivity index (χ2v) is 6.17. The first-order valence-electron chi connectivity index (χ1n) is 7.78. The van der Waals surface area contributed by atoms with E-state index in [1.807, 2.05) is 42.5 Å². The number of hydrogen-bond acceptors (Lipinski definition) is 2. The summed E-state index contributed by atoms with van der Waals surface area (Å²) < 4.78 is 0. The van der Waals surface area contributed by atoms with E-state index >= 15 is 0 Å². The smallest absolute Gasteiger partial charge is 0.223 e. The molecule has 124 valence electrons. The van der Waals surface area contributed by atoms with Gasteiger partial charge in [-0.3, -0.25) is 9.89 Å². The van der Waals surface area contributed by atoms with Crippen LogP contribution in [0.1, 0.15) is 17.8 Å². The maximum Gasteiger partial charge on any atom is 0.223 e. The molecule has 0 bridgehead atoms. The van der Waals surface area contributed by atoms with E-state index < -0.39 is 0 Å². The molecule has 0 saturated heterocycles. The molecule has 3 rings (SSSR count). The molecule has 0 aliphatic heterocycles. The molecule has 2 N–H and O–H groups in total. The highest BCUT2D eigenvalue weighted by atomic mass is 35.5. The molecule has 0 unspecified atom stereocenters. The Balaban J connectivity index is 1.55. The molecule has 2 aromatic heterocycles. The number of H-pyrrole nitrogens is 2. The molecule has 6 heteroatoms. The Morgan fingerprint density at radius 2 is 1.92 bits per heavy atom. The van der Waals surface area contributed by atoms with Gasteiger partial charge in [-0.05, 0) is 42.3 Å². The molecule has 0 aliphatic rings. The summed E-state index contributed by atoms with van der Waals surface area (Å²) in [6, 6.07) is 13.6. The first kappa shape index (κ1) is 16.3. The van der Waals surface area contributed by atoms with E-state index in [4.69, 9.17) is 11.6 Å². The largest absolute Gasteiger partial charge is 0.358 e. The number of amides is 1. The Hall–Kier alpha value is -2.53. The Morgan fingerprint density at radius 1 is 1.12 bits per heavy atom. The number of carbonyl (C=O) groups is 1. The van der Waals surface area contributed by atoms with Crippen molar-refractivity contribution in [2.45, 2.75) is 19.4 Å². The molecule has 1 aromatic carbocycles. The SMILES string of the molecule is CN(Cc1ccn[nH]1)C(=O)CCc1ccc(-c2ccc(Cl)cc2)[nH]1. The van der Waals surface area contributed by atoms with Gasteiger partial charge in [0.15, 0.2) is 0 Å². The van der Waals surface area contributed by atoms with Gasteiger partial charge in [-0.25, -0.2) is 0 Å². The van der Waals surface area contributed by atoms with E-state index in [2.05, 4.69) is 15.2 Å². The number of carbonyl (C=O) groups excluding carboxylic acids is 1. The van der Waals surface area contributed by atoms with Gasteiger partial charge in [-0.2, -0.15) is 5.10 Å². The fourth-order valence-electron chi connectivity index (χ4n) is 2.53. The molecule has 3 aromatic rings. The predicted octanol–water partition coefficient (Wildman–Crippen LogP) is 3.65. The molecule has 0 aliphatic carbocycles. The molecule has 5 nitrogen and oxygen atoms in total. The van der Waals surface area contributed by atoms with Crippen molar-refractivity contribution in [3.63, 3.8) is 0 Å². The average Bonchev–Trinajstić information content (AvgIpc) is 3.25. The highest BCUT2D eigenvalue weighted by Gasteiger charge is 2.11. The van der Waals surface area contributed by atoms with Gasteiger partial charge in [0.05, 0.1) is 12.2 Å². The second kappa shape index (κ2) is 7.36. The second-order valence-electron chi connectivity index (χ2n) is 5.74. The van der Waals surface area contributed by atoms with Crippen LogP contribution in [0, 0.1) is 0 Å². The standard InChI is InChI=1S/C18H19ClN4O/c1-23(12-16-10-11-20-22-16)18(24)9-7-15-6-8-17(21-15)13-2-4-14(19)5-3-13/h2-6,8,10-11,21H,7,9,12H2,1H3,(H,20,22). The number of aromatic amines is 2. The lowest BCUT2D eigenvalue weighted by Gasteiger charge is -2.15. The van der Waals surface area contributed by atoms with Crippen LogP contribution in [-0.4, -0.2) is 33.0 Å². The van der Waals surface area contributed by atoms with Crippen molar-refractivity contribution < 1.29 is 4.79 Å². The Kier molecular flexibility index (Phi) is 5.01. The maximum atomic E-state index is 12.2. The Bertz CT molecular complexity index is 793. The number of rotatable bonds is 6. The highest BCUT2D eigenvalue weighted by Crippen LogP contribution is 2.21. The Morgan fingerprint density at radius 3 is 2.62 bits per heavy atom. The van der Waals surface area contributed by atoms with Crippen LogP contribution in [0.3, 0.4) is 0 Å². The van der Waals surface area contributed by atoms with Crippen LogP contribution in [0.5, 0.6) is 0 Å². The third kappa shape index (κ3) is 4.06. The summed E-state index contributed by atoms with van der Waals surface area (Å²) in [5, 5.41) is 7.47. The van der Waals surface area contributed by atoms with Crippen molar-refractivity contribution in [3.8, 4) is 11.3 Å². The van der Waals surface area contributed by atoms with Crippen LogP contribution in [0.15, 0.2) is 48.7 Å². The van der Waals surface area contributed by atoms with Gasteiger partial charge in [-0.15, -0.1) is 0 Å². The zero-order chi connectivity index (χ0) is 16.9. The summed E-state index contributed by atoms with van der Waals surface area (Å²) >= 11 is 5.91. The minimum Gasteiger partial charge on any atom is -0.358 e. The minimum atomic E-state index is 0.104. The van der Waals surface area contributed by atoms with Crippen LogP contribution in [0.25, 0.3) is 11.3 Å². The molecule has 0 radical (unpaired) electrons. The number of halogens is 1. The van der Waals surface area contributed by atoms with Crippen molar-refractivity contribution in [1.29, 1.82) is 0 Å². The fourth-order valence-corrected chi connectivity index (χ4v) is 2.66. The number of hydrogen-bond donors (Lipinski definition) is 2. The lowest BCUT2D eigenvalue weighted by molar-refractivity contribution is -0.130. The van der Waals surface area contributed by atoms with Gasteiger partial charge in [0.25, 0.3) is 0 Å². The quantitative estimate of drug-likeness (QED) is 0.718. The third-order valence-electron chi connectivity index (χ3n) is 3.90. The van der Waals surface area contributed by atoms with E-state index in [9.17, 15) is 4.79 Å². The molecular weight excluding hydrogens is 324 g/mol. The van der Waals surface area contributed by atoms with E-state index in [0.717, 1.165) is 27.7 Å². The van der Waals surface area contributed by atoms with Gasteiger partial charge < -0.3 is 9.88 Å². The van der Waals surface area contributed by atoms with Gasteiger partial charge in [0, 0.05) is 36.1 Å². The molecule has 0 atom stereocenters. The van der Waals surface area contributed by atoms with Crippen LogP contribution in [0.4, 0.5) is 0 Å². The summed E-state index contributed by atoms with van der Waals surface area (Å²) in [6.45, 7) is 0.541. The van der Waals surface area contributed by atoms with E-state index in [0.29, 0.717) is 19.4 Å². The van der Waals surface area contributed by atoms with Crippen molar-refractivity contribution in [1.82, 2.24) is 20.1 Å². The Labute approximate surface area is 145 Å². The molecule has 0 saturated carbocycles. The summed E-state index contributed by atoms with van der Waals surface area (Å²) in [5.41, 5.74) is 4.08. The monoisotopic (exact) mass is 342 g/mol. The zero-order valence-corrected chi connectivity index (χ0v) is 14.2. The fraction of sp³-hybridized carbons (Fsp3) is 0.222. The minimum absolute atomic E-state index is 0.104. The van der Waals surface area contributed by atoms with Gasteiger partial charge in [0.2, 0.25) is 5.91 Å². The van der Waals surface area contributed by atoms with Crippen molar-refractivity contribution in [3.05, 3.63) is 65.1 Å². The summed E-state index contributed by atoms with van der Waals surface area (Å²) in [7, 11) is 1.80. The number of benzene rings is 1. The number of nitrogens with zero attached hydrogens (tertiary/aromatic N) is 2. The third-order valence-corrected chi connectivity index (χ3v) is 4.15. The van der Waals surface area contributed by atoms with Crippen LogP contribution in [-0.2, 0) is 17.8 Å². The van der Waals surface area contributed by atoms with Gasteiger partial charge in [0.1, 0.15) is 0 Å². The van der Waals surface area contributed by atoms with E-state index in [1.165, 1.54) is 0 Å². The molecule has 1 amide bonds. The summed E-state index contributed by atoms with van der Waals surface area (Å²) in [6.07, 6.45) is 2.83. The predicted molar refractivity (Wildman–Crippen MR) is 94.6 cm³/mol. The lowest BCUT2D eigenvalue weighted by atomic mass is 10.2. The van der Waals surface area contributed by atoms with E-state index in [1.54, 1.807) is 18.1 Å². The highest BCUT2D eigenvalue weighted by molar-refractivity contribution is 6.30.